The predicted molar refractivity (Wildman–Crippen MR) is 103 cm³/mol. The molecule has 0 aliphatic heterocycles. The van der Waals surface area contributed by atoms with Gasteiger partial charge in [-0.1, -0.05) is 54.6 Å². The van der Waals surface area contributed by atoms with Gasteiger partial charge in [-0.2, -0.15) is 0 Å². The van der Waals surface area contributed by atoms with E-state index < -0.39 is 0 Å². The van der Waals surface area contributed by atoms with Gasteiger partial charge in [0, 0.05) is 21.0 Å². The van der Waals surface area contributed by atoms with Crippen LogP contribution >= 0.6 is 11.3 Å². The van der Waals surface area contributed by atoms with E-state index in [-0.39, 0.29) is 0 Å². The molecule has 0 aliphatic rings. The molecule has 0 bridgehead atoms. The standard InChI is InChI=1S/C21H14N2S/c1-13-22-20(16-11-10-14-6-2-3-7-15(14)12-16)19-17-8-4-5-9-18(17)24-21(19)23-13/h2-12H,1H3. The van der Waals surface area contributed by atoms with Gasteiger partial charge in [-0.25, -0.2) is 9.97 Å². The van der Waals surface area contributed by atoms with Crippen LogP contribution in [-0.4, -0.2) is 9.97 Å². The van der Waals surface area contributed by atoms with Gasteiger partial charge in [-0.15, -0.1) is 11.3 Å². The Balaban J connectivity index is 1.90. The maximum Gasteiger partial charge on any atom is 0.128 e. The number of thiophene rings is 1. The van der Waals surface area contributed by atoms with E-state index in [1.165, 1.54) is 20.9 Å². The Kier molecular flexibility index (Phi) is 2.91. The Morgan fingerprint density at radius 1 is 0.792 bits per heavy atom. The third kappa shape index (κ3) is 2.02. The second kappa shape index (κ2) is 5.11. The lowest BCUT2D eigenvalue weighted by Gasteiger charge is -2.06. The Labute approximate surface area is 143 Å². The van der Waals surface area contributed by atoms with Gasteiger partial charge in [0.25, 0.3) is 0 Å². The van der Waals surface area contributed by atoms with Crippen molar-refractivity contribution in [1.29, 1.82) is 0 Å². The van der Waals surface area contributed by atoms with Crippen LogP contribution in [0.4, 0.5) is 0 Å². The Bertz CT molecular complexity index is 1220. The molecule has 2 aromatic heterocycles. The van der Waals surface area contributed by atoms with Crippen molar-refractivity contribution in [3.63, 3.8) is 0 Å². The van der Waals surface area contributed by atoms with Gasteiger partial charge in [-0.3, -0.25) is 0 Å². The molecule has 0 amide bonds. The molecule has 0 radical (unpaired) electrons. The summed E-state index contributed by atoms with van der Waals surface area (Å²) in [6.45, 7) is 1.97. The van der Waals surface area contributed by atoms with Crippen molar-refractivity contribution < 1.29 is 0 Å². The van der Waals surface area contributed by atoms with Crippen molar-refractivity contribution in [3.8, 4) is 11.3 Å². The van der Waals surface area contributed by atoms with Crippen LogP contribution in [0.25, 0.3) is 42.3 Å². The van der Waals surface area contributed by atoms with Crippen molar-refractivity contribution in [3.05, 3.63) is 72.6 Å². The molecule has 0 spiro atoms. The van der Waals surface area contributed by atoms with Gasteiger partial charge < -0.3 is 0 Å². The van der Waals surface area contributed by atoms with Crippen molar-refractivity contribution in [2.24, 2.45) is 0 Å². The summed E-state index contributed by atoms with van der Waals surface area (Å²) in [4.78, 5) is 10.5. The fourth-order valence-corrected chi connectivity index (χ4v) is 4.40. The van der Waals surface area contributed by atoms with E-state index in [0.29, 0.717) is 0 Å². The molecule has 114 valence electrons. The highest BCUT2D eigenvalue weighted by molar-refractivity contribution is 7.25. The molecule has 3 aromatic carbocycles. The van der Waals surface area contributed by atoms with Crippen molar-refractivity contribution in [2.45, 2.75) is 6.92 Å². The lowest BCUT2D eigenvalue weighted by atomic mass is 10.0. The van der Waals surface area contributed by atoms with Crippen LogP contribution in [0.1, 0.15) is 5.82 Å². The van der Waals surface area contributed by atoms with Crippen LogP contribution in [0, 0.1) is 6.92 Å². The summed E-state index contributed by atoms with van der Waals surface area (Å²) in [6.07, 6.45) is 0. The molecule has 0 fully saturated rings. The SMILES string of the molecule is Cc1nc(-c2ccc3ccccc3c2)c2c(n1)sc1ccccc12. The molecule has 0 unspecified atom stereocenters. The summed E-state index contributed by atoms with van der Waals surface area (Å²) in [7, 11) is 0. The van der Waals surface area contributed by atoms with Crippen molar-refractivity contribution in [1.82, 2.24) is 9.97 Å². The first-order chi connectivity index (χ1) is 11.8. The first-order valence-electron chi connectivity index (χ1n) is 7.95. The zero-order valence-electron chi connectivity index (χ0n) is 13.2. The third-order valence-electron chi connectivity index (χ3n) is 4.37. The zero-order chi connectivity index (χ0) is 16.1. The maximum atomic E-state index is 4.80. The van der Waals surface area contributed by atoms with Crippen LogP contribution < -0.4 is 0 Å². The number of rotatable bonds is 1. The van der Waals surface area contributed by atoms with Crippen LogP contribution in [0.15, 0.2) is 66.7 Å². The number of nitrogens with zero attached hydrogens (tertiary/aromatic N) is 2. The number of fused-ring (bicyclic) bond motifs is 4. The predicted octanol–water partition coefficient (Wildman–Crippen LogP) is 5.97. The molecule has 2 heterocycles. The minimum absolute atomic E-state index is 0.817. The second-order valence-corrected chi connectivity index (χ2v) is 6.99. The van der Waals surface area contributed by atoms with E-state index >= 15 is 0 Å². The van der Waals surface area contributed by atoms with Crippen LogP contribution in [-0.2, 0) is 0 Å². The van der Waals surface area contributed by atoms with E-state index in [4.69, 9.17) is 4.98 Å². The normalized spacial score (nSPS) is 11.5. The van der Waals surface area contributed by atoms with E-state index in [1.54, 1.807) is 11.3 Å². The zero-order valence-corrected chi connectivity index (χ0v) is 14.0. The topological polar surface area (TPSA) is 25.8 Å². The van der Waals surface area contributed by atoms with E-state index in [9.17, 15) is 0 Å². The van der Waals surface area contributed by atoms with Gasteiger partial charge in [0.1, 0.15) is 10.7 Å². The second-order valence-electron chi connectivity index (χ2n) is 5.96. The number of aromatic nitrogens is 2. The van der Waals surface area contributed by atoms with Crippen LogP contribution in [0.3, 0.4) is 0 Å². The summed E-state index contributed by atoms with van der Waals surface area (Å²) in [5.41, 5.74) is 2.17. The summed E-state index contributed by atoms with van der Waals surface area (Å²) in [6, 6.07) is 23.5. The molecule has 0 aliphatic carbocycles. The van der Waals surface area contributed by atoms with Crippen LogP contribution in [0.2, 0.25) is 0 Å². The Morgan fingerprint density at radius 2 is 1.58 bits per heavy atom. The smallest absolute Gasteiger partial charge is 0.128 e. The van der Waals surface area contributed by atoms with E-state index in [2.05, 4.69) is 71.7 Å². The van der Waals surface area contributed by atoms with Gasteiger partial charge in [-0.05, 0) is 29.8 Å². The molecular weight excluding hydrogens is 312 g/mol. The van der Waals surface area contributed by atoms with Gasteiger partial charge >= 0.3 is 0 Å². The van der Waals surface area contributed by atoms with E-state index in [0.717, 1.165) is 27.3 Å². The summed E-state index contributed by atoms with van der Waals surface area (Å²) >= 11 is 1.74. The first kappa shape index (κ1) is 13.6. The lowest BCUT2D eigenvalue weighted by molar-refractivity contribution is 1.10. The highest BCUT2D eigenvalue weighted by atomic mass is 32.1. The molecule has 24 heavy (non-hydrogen) atoms. The number of benzene rings is 3. The molecule has 5 rings (SSSR count). The fraction of sp³-hybridized carbons (Fsp3) is 0.0476. The molecule has 3 heteroatoms. The minimum atomic E-state index is 0.817. The summed E-state index contributed by atoms with van der Waals surface area (Å²) in [5, 5.41) is 4.88. The largest absolute Gasteiger partial charge is 0.232 e. The third-order valence-corrected chi connectivity index (χ3v) is 5.44. The number of aryl methyl sites for hydroxylation is 1. The molecular formula is C21H14N2S. The van der Waals surface area contributed by atoms with Crippen LogP contribution in [0.5, 0.6) is 0 Å². The highest BCUT2D eigenvalue weighted by Crippen LogP contribution is 2.38. The maximum absolute atomic E-state index is 4.80. The molecule has 5 aromatic rings. The summed E-state index contributed by atoms with van der Waals surface area (Å²) in [5.74, 6) is 0.817. The van der Waals surface area contributed by atoms with Crippen molar-refractivity contribution >= 4 is 42.4 Å². The Morgan fingerprint density at radius 3 is 2.50 bits per heavy atom. The highest BCUT2D eigenvalue weighted by Gasteiger charge is 2.14. The van der Waals surface area contributed by atoms with E-state index in [1.807, 2.05) is 6.92 Å². The fourth-order valence-electron chi connectivity index (χ4n) is 3.28. The lowest BCUT2D eigenvalue weighted by Crippen LogP contribution is -1.92. The number of hydrogen-bond donors (Lipinski definition) is 0. The average Bonchev–Trinajstić information content (AvgIpc) is 2.98. The first-order valence-corrected chi connectivity index (χ1v) is 8.76. The molecule has 0 saturated heterocycles. The minimum Gasteiger partial charge on any atom is -0.232 e. The number of hydrogen-bond acceptors (Lipinski definition) is 3. The molecule has 0 atom stereocenters. The monoisotopic (exact) mass is 326 g/mol. The molecule has 0 N–H and O–H groups in total. The summed E-state index contributed by atoms with van der Waals surface area (Å²) < 4.78 is 1.26. The van der Waals surface area contributed by atoms with Gasteiger partial charge in [0.2, 0.25) is 0 Å². The van der Waals surface area contributed by atoms with Crippen molar-refractivity contribution in [2.75, 3.05) is 0 Å². The Hall–Kier alpha value is -2.78. The van der Waals surface area contributed by atoms with Gasteiger partial charge in [0.05, 0.1) is 5.69 Å². The molecule has 2 nitrogen and oxygen atoms in total. The van der Waals surface area contributed by atoms with Gasteiger partial charge in [0.15, 0.2) is 0 Å². The molecule has 0 saturated carbocycles. The average molecular weight is 326 g/mol. The quantitative estimate of drug-likeness (QED) is 0.379.